The van der Waals surface area contributed by atoms with Crippen molar-refractivity contribution < 1.29 is 4.43 Å². The first-order valence-electron chi connectivity index (χ1n) is 4.15. The minimum atomic E-state index is 0.764. The van der Waals surface area contributed by atoms with Crippen molar-refractivity contribution in [2.45, 2.75) is 33.6 Å². The first-order chi connectivity index (χ1) is 4.66. The van der Waals surface area contributed by atoms with Crippen LogP contribution in [0.2, 0.25) is 0 Å². The van der Waals surface area contributed by atoms with Crippen LogP contribution in [-0.4, -0.2) is 17.1 Å². The quantitative estimate of drug-likeness (QED) is 0.552. The molecule has 0 aromatic heterocycles. The number of rotatable bonds is 5. The lowest BCUT2D eigenvalue weighted by Crippen LogP contribution is -2.05. The molecule has 0 saturated carbocycles. The third-order valence-electron chi connectivity index (χ3n) is 1.69. The van der Waals surface area contributed by atoms with Gasteiger partial charge in [-0.1, -0.05) is 27.2 Å². The van der Waals surface area contributed by atoms with Crippen LogP contribution >= 0.6 is 0 Å². The molecule has 0 aromatic carbocycles. The summed E-state index contributed by atoms with van der Waals surface area (Å²) in [5.74, 6) is 1.61. The second kappa shape index (κ2) is 5.92. The van der Waals surface area contributed by atoms with Gasteiger partial charge in [0.25, 0.3) is 0 Å². The lowest BCUT2D eigenvalue weighted by Gasteiger charge is -2.11. The maximum atomic E-state index is 5.17. The fourth-order valence-corrected chi connectivity index (χ4v) is 1.55. The topological polar surface area (TPSA) is 9.23 Å². The van der Waals surface area contributed by atoms with Gasteiger partial charge in [-0.25, -0.2) is 0 Å². The number of hydrogen-bond donors (Lipinski definition) is 0. The first kappa shape index (κ1) is 10.2. The fraction of sp³-hybridized carbons (Fsp3) is 1.00. The smallest absolute Gasteiger partial charge is 0.145 e. The van der Waals surface area contributed by atoms with E-state index in [-0.39, 0.29) is 0 Å². The molecular formula is C8H20OSi. The van der Waals surface area contributed by atoms with Gasteiger partial charge in [0.1, 0.15) is 10.5 Å². The van der Waals surface area contributed by atoms with Crippen LogP contribution < -0.4 is 0 Å². The molecule has 0 heterocycles. The zero-order valence-electron chi connectivity index (χ0n) is 7.68. The van der Waals surface area contributed by atoms with Gasteiger partial charge in [0.2, 0.25) is 0 Å². The lowest BCUT2D eigenvalue weighted by atomic mass is 10.0. The summed E-state index contributed by atoms with van der Waals surface area (Å²) in [6.45, 7) is 7.78. The van der Waals surface area contributed by atoms with Crippen LogP contribution in [0.3, 0.4) is 0 Å². The molecule has 0 aromatic rings. The van der Waals surface area contributed by atoms with Gasteiger partial charge in [-0.3, -0.25) is 0 Å². The predicted octanol–water partition coefficient (Wildman–Crippen LogP) is 1.36. The Morgan fingerprint density at radius 3 is 2.20 bits per heavy atom. The van der Waals surface area contributed by atoms with Gasteiger partial charge in [0.15, 0.2) is 0 Å². The van der Waals surface area contributed by atoms with Gasteiger partial charge in [0.05, 0.1) is 0 Å². The Hall–Kier alpha value is 0.177. The van der Waals surface area contributed by atoms with Crippen molar-refractivity contribution in [2.24, 2.45) is 11.8 Å². The second-order valence-electron chi connectivity index (χ2n) is 3.53. The van der Waals surface area contributed by atoms with Gasteiger partial charge >= 0.3 is 0 Å². The van der Waals surface area contributed by atoms with Crippen LogP contribution in [0.1, 0.15) is 33.6 Å². The molecule has 0 fully saturated rings. The van der Waals surface area contributed by atoms with E-state index in [1.165, 1.54) is 12.8 Å². The highest BCUT2D eigenvalue weighted by Crippen LogP contribution is 2.11. The van der Waals surface area contributed by atoms with E-state index in [1.54, 1.807) is 0 Å². The Labute approximate surface area is 67.7 Å². The highest BCUT2D eigenvalue weighted by Gasteiger charge is 2.01. The van der Waals surface area contributed by atoms with E-state index in [2.05, 4.69) is 20.8 Å². The molecule has 0 aliphatic heterocycles. The third-order valence-corrected chi connectivity index (χ3v) is 2.02. The highest BCUT2D eigenvalue weighted by molar-refractivity contribution is 5.97. The van der Waals surface area contributed by atoms with Crippen LogP contribution in [0.5, 0.6) is 0 Å². The van der Waals surface area contributed by atoms with Gasteiger partial charge in [-0.05, 0) is 18.3 Å². The summed E-state index contributed by atoms with van der Waals surface area (Å²) in [5.41, 5.74) is 0. The van der Waals surface area contributed by atoms with Crippen molar-refractivity contribution in [2.75, 3.05) is 6.61 Å². The molecule has 2 heteroatoms. The van der Waals surface area contributed by atoms with Crippen molar-refractivity contribution in [3.05, 3.63) is 0 Å². The monoisotopic (exact) mass is 160 g/mol. The standard InChI is InChI=1S/C8H20OSi/c1-7(2)4-5-8(3)6-9-10/h7-8H,4-6H2,1-3,10H3. The molecule has 0 amide bonds. The molecule has 0 radical (unpaired) electrons. The van der Waals surface area contributed by atoms with E-state index < -0.39 is 0 Å². The molecule has 1 unspecified atom stereocenters. The van der Waals surface area contributed by atoms with Crippen LogP contribution in [0, 0.1) is 11.8 Å². The van der Waals surface area contributed by atoms with Gasteiger partial charge in [0, 0.05) is 6.61 Å². The van der Waals surface area contributed by atoms with E-state index in [0.717, 1.165) is 28.9 Å². The summed E-state index contributed by atoms with van der Waals surface area (Å²) in [6, 6.07) is 0. The minimum Gasteiger partial charge on any atom is -0.428 e. The van der Waals surface area contributed by atoms with Crippen molar-refractivity contribution in [3.63, 3.8) is 0 Å². The molecular weight excluding hydrogens is 140 g/mol. The van der Waals surface area contributed by atoms with Crippen LogP contribution in [0.25, 0.3) is 0 Å². The van der Waals surface area contributed by atoms with Crippen molar-refractivity contribution >= 4 is 10.5 Å². The molecule has 1 atom stereocenters. The van der Waals surface area contributed by atoms with Gasteiger partial charge in [-0.2, -0.15) is 0 Å². The van der Waals surface area contributed by atoms with E-state index in [9.17, 15) is 0 Å². The Kier molecular flexibility index (Phi) is 6.03. The average Bonchev–Trinajstić information content (AvgIpc) is 1.85. The molecule has 0 saturated heterocycles. The summed E-state index contributed by atoms with van der Waals surface area (Å²) >= 11 is 0. The van der Waals surface area contributed by atoms with Crippen LogP contribution in [-0.2, 0) is 4.43 Å². The predicted molar refractivity (Wildman–Crippen MR) is 49.1 cm³/mol. The highest BCUT2D eigenvalue weighted by atomic mass is 28.2. The lowest BCUT2D eigenvalue weighted by molar-refractivity contribution is 0.264. The van der Waals surface area contributed by atoms with E-state index in [0.29, 0.717) is 0 Å². The van der Waals surface area contributed by atoms with Crippen LogP contribution in [0.4, 0.5) is 0 Å². The zero-order chi connectivity index (χ0) is 7.98. The Morgan fingerprint density at radius 2 is 1.80 bits per heavy atom. The molecule has 62 valence electrons. The number of hydrogen-bond acceptors (Lipinski definition) is 1. The summed E-state index contributed by atoms with van der Waals surface area (Å²) in [7, 11) is 0.890. The third kappa shape index (κ3) is 6.30. The van der Waals surface area contributed by atoms with Crippen molar-refractivity contribution in [1.82, 2.24) is 0 Å². The Bertz CT molecular complexity index is 73.7. The molecule has 0 N–H and O–H groups in total. The SMILES string of the molecule is CC(C)CCC(C)CO[SiH3]. The average molecular weight is 160 g/mol. The summed E-state index contributed by atoms with van der Waals surface area (Å²) in [6.07, 6.45) is 2.66. The molecule has 0 aliphatic rings. The summed E-state index contributed by atoms with van der Waals surface area (Å²) in [5, 5.41) is 0. The van der Waals surface area contributed by atoms with E-state index in [4.69, 9.17) is 4.43 Å². The minimum absolute atomic E-state index is 0.764. The first-order valence-corrected chi connectivity index (χ1v) is 4.97. The Morgan fingerprint density at radius 1 is 1.20 bits per heavy atom. The van der Waals surface area contributed by atoms with Gasteiger partial charge < -0.3 is 4.43 Å². The van der Waals surface area contributed by atoms with Crippen molar-refractivity contribution in [3.8, 4) is 0 Å². The molecule has 0 rings (SSSR count). The normalized spacial score (nSPS) is 14.4. The maximum Gasteiger partial charge on any atom is 0.145 e. The summed E-state index contributed by atoms with van der Waals surface area (Å²) in [4.78, 5) is 0. The molecule has 10 heavy (non-hydrogen) atoms. The molecule has 0 spiro atoms. The Balaban J connectivity index is 3.12. The van der Waals surface area contributed by atoms with Gasteiger partial charge in [-0.15, -0.1) is 0 Å². The van der Waals surface area contributed by atoms with Crippen LogP contribution in [0.15, 0.2) is 0 Å². The fourth-order valence-electron chi connectivity index (χ4n) is 0.986. The summed E-state index contributed by atoms with van der Waals surface area (Å²) < 4.78 is 5.17. The molecule has 0 aliphatic carbocycles. The van der Waals surface area contributed by atoms with E-state index in [1.807, 2.05) is 0 Å². The van der Waals surface area contributed by atoms with Crippen molar-refractivity contribution in [1.29, 1.82) is 0 Å². The largest absolute Gasteiger partial charge is 0.428 e. The zero-order valence-corrected chi connectivity index (χ0v) is 9.68. The van der Waals surface area contributed by atoms with E-state index >= 15 is 0 Å². The second-order valence-corrected chi connectivity index (χ2v) is 4.11. The molecule has 1 nitrogen and oxygen atoms in total. The maximum absolute atomic E-state index is 5.17. The molecule has 0 bridgehead atoms.